The normalized spacial score (nSPS) is 11.7. The fourth-order valence-corrected chi connectivity index (χ4v) is 3.74. The van der Waals surface area contributed by atoms with Crippen molar-refractivity contribution < 1.29 is 13.2 Å². The highest BCUT2D eigenvalue weighted by Gasteiger charge is 2.20. The van der Waals surface area contributed by atoms with Crippen LogP contribution in [-0.4, -0.2) is 32.0 Å². The number of sulfonamides is 1. The van der Waals surface area contributed by atoms with Gasteiger partial charge in [-0.25, -0.2) is 13.1 Å². The third-order valence-corrected chi connectivity index (χ3v) is 5.33. The van der Waals surface area contributed by atoms with Crippen molar-refractivity contribution >= 4 is 10.0 Å². The Morgan fingerprint density at radius 2 is 2.00 bits per heavy atom. The molecule has 7 heteroatoms. The number of aromatic nitrogens is 2. The van der Waals surface area contributed by atoms with Gasteiger partial charge in [-0.1, -0.05) is 13.8 Å². The van der Waals surface area contributed by atoms with Crippen molar-refractivity contribution in [3.63, 3.8) is 0 Å². The Morgan fingerprint density at radius 3 is 2.58 bits per heavy atom. The first kappa shape index (κ1) is 18.4. The quantitative estimate of drug-likeness (QED) is 0.830. The average Bonchev–Trinajstić information content (AvgIpc) is 2.54. The molecule has 6 nitrogen and oxygen atoms in total. The number of ether oxygens (including phenoxy) is 1. The Morgan fingerprint density at radius 1 is 1.25 bits per heavy atom. The smallest absolute Gasteiger partial charge is 0.240 e. The predicted octanol–water partition coefficient (Wildman–Crippen LogP) is 2.44. The molecule has 0 atom stereocenters. The predicted molar refractivity (Wildman–Crippen MR) is 92.7 cm³/mol. The molecule has 1 aromatic carbocycles. The van der Waals surface area contributed by atoms with Crippen LogP contribution in [0.2, 0.25) is 0 Å². The number of hydrogen-bond acceptors (Lipinski definition) is 5. The van der Waals surface area contributed by atoms with Crippen molar-refractivity contribution in [3.8, 4) is 5.75 Å². The summed E-state index contributed by atoms with van der Waals surface area (Å²) in [5.74, 6) is 0.870. The molecule has 0 fully saturated rings. The molecule has 0 aliphatic carbocycles. The van der Waals surface area contributed by atoms with Crippen LogP contribution >= 0.6 is 0 Å². The molecule has 1 aromatic heterocycles. The Bertz CT molecular complexity index is 790. The van der Waals surface area contributed by atoms with Crippen molar-refractivity contribution in [1.82, 2.24) is 14.7 Å². The third-order valence-electron chi connectivity index (χ3n) is 3.73. The first-order chi connectivity index (χ1) is 11.3. The van der Waals surface area contributed by atoms with E-state index in [4.69, 9.17) is 4.74 Å². The van der Waals surface area contributed by atoms with E-state index in [0.29, 0.717) is 17.7 Å². The Balaban J connectivity index is 2.20. The first-order valence-corrected chi connectivity index (χ1v) is 9.26. The van der Waals surface area contributed by atoms with Gasteiger partial charge in [0.15, 0.2) is 0 Å². The number of nitrogens with one attached hydrogen (secondary N) is 1. The Labute approximate surface area is 143 Å². The minimum atomic E-state index is -3.60. The van der Waals surface area contributed by atoms with Crippen LogP contribution in [0.1, 0.15) is 36.6 Å². The highest BCUT2D eigenvalue weighted by atomic mass is 32.2. The van der Waals surface area contributed by atoms with E-state index in [-0.39, 0.29) is 17.4 Å². The number of hydrogen-bond donors (Lipinski definition) is 1. The van der Waals surface area contributed by atoms with E-state index >= 15 is 0 Å². The minimum absolute atomic E-state index is 0.161. The molecule has 0 saturated heterocycles. The highest BCUT2D eigenvalue weighted by molar-refractivity contribution is 7.89. The molecule has 2 aromatic rings. The van der Waals surface area contributed by atoms with Crippen LogP contribution in [0.3, 0.4) is 0 Å². The lowest BCUT2D eigenvalue weighted by molar-refractivity contribution is 0.406. The van der Waals surface area contributed by atoms with Gasteiger partial charge < -0.3 is 4.74 Å². The van der Waals surface area contributed by atoms with Gasteiger partial charge in [-0.05, 0) is 36.1 Å². The zero-order chi connectivity index (χ0) is 17.7. The summed E-state index contributed by atoms with van der Waals surface area (Å²) in [5, 5.41) is 0. The number of methoxy groups -OCH3 is 1. The number of rotatable bonds is 7. The van der Waals surface area contributed by atoms with E-state index in [1.807, 2.05) is 13.8 Å². The summed E-state index contributed by atoms with van der Waals surface area (Å²) >= 11 is 0. The average molecular weight is 349 g/mol. The van der Waals surface area contributed by atoms with Crippen LogP contribution in [0.5, 0.6) is 5.75 Å². The summed E-state index contributed by atoms with van der Waals surface area (Å²) in [6.07, 6.45) is 5.29. The molecule has 0 radical (unpaired) electrons. The molecule has 0 aliphatic rings. The maximum atomic E-state index is 12.6. The SMILES string of the molecule is COc1cc(C)c(S(=O)(=O)NCCc2cnccn2)cc1C(C)C. The summed E-state index contributed by atoms with van der Waals surface area (Å²) in [6.45, 7) is 6.05. The molecule has 0 aliphatic heterocycles. The number of benzene rings is 1. The maximum Gasteiger partial charge on any atom is 0.240 e. The monoisotopic (exact) mass is 349 g/mol. The molecule has 0 spiro atoms. The van der Waals surface area contributed by atoms with E-state index in [2.05, 4.69) is 14.7 Å². The number of aryl methyl sites for hydroxylation is 1. The molecule has 0 unspecified atom stereocenters. The molecule has 1 N–H and O–H groups in total. The van der Waals surface area contributed by atoms with E-state index in [0.717, 1.165) is 11.3 Å². The van der Waals surface area contributed by atoms with Crippen molar-refractivity contribution in [2.45, 2.75) is 38.0 Å². The second kappa shape index (κ2) is 7.72. The van der Waals surface area contributed by atoms with Crippen molar-refractivity contribution in [2.24, 2.45) is 0 Å². The zero-order valence-electron chi connectivity index (χ0n) is 14.4. The van der Waals surface area contributed by atoms with E-state index in [1.54, 1.807) is 44.8 Å². The molecule has 0 bridgehead atoms. The fraction of sp³-hybridized carbons (Fsp3) is 0.412. The molecule has 1 heterocycles. The molecular formula is C17H23N3O3S. The molecular weight excluding hydrogens is 326 g/mol. The summed E-state index contributed by atoms with van der Waals surface area (Å²) in [5.41, 5.74) is 2.27. The molecule has 0 saturated carbocycles. The largest absolute Gasteiger partial charge is 0.496 e. The van der Waals surface area contributed by atoms with Crippen molar-refractivity contribution in [1.29, 1.82) is 0 Å². The van der Waals surface area contributed by atoms with Gasteiger partial charge >= 0.3 is 0 Å². The fourth-order valence-electron chi connectivity index (χ4n) is 2.45. The van der Waals surface area contributed by atoms with Crippen LogP contribution in [0, 0.1) is 6.92 Å². The molecule has 24 heavy (non-hydrogen) atoms. The summed E-state index contributed by atoms with van der Waals surface area (Å²) in [4.78, 5) is 8.39. The van der Waals surface area contributed by atoms with Gasteiger partial charge in [0.1, 0.15) is 5.75 Å². The van der Waals surface area contributed by atoms with Crippen LogP contribution in [0.15, 0.2) is 35.6 Å². The van der Waals surface area contributed by atoms with Gasteiger partial charge in [-0.2, -0.15) is 0 Å². The van der Waals surface area contributed by atoms with Crippen LogP contribution in [0.4, 0.5) is 0 Å². The van der Waals surface area contributed by atoms with Gasteiger partial charge in [0.2, 0.25) is 10.0 Å². The van der Waals surface area contributed by atoms with Gasteiger partial charge in [0.25, 0.3) is 0 Å². The molecule has 130 valence electrons. The van der Waals surface area contributed by atoms with Crippen LogP contribution in [-0.2, 0) is 16.4 Å². The van der Waals surface area contributed by atoms with Gasteiger partial charge in [0, 0.05) is 31.6 Å². The second-order valence-electron chi connectivity index (χ2n) is 5.86. The van der Waals surface area contributed by atoms with Crippen LogP contribution < -0.4 is 9.46 Å². The third kappa shape index (κ3) is 4.30. The van der Waals surface area contributed by atoms with E-state index in [9.17, 15) is 8.42 Å². The molecule has 2 rings (SSSR count). The minimum Gasteiger partial charge on any atom is -0.496 e. The van der Waals surface area contributed by atoms with Crippen molar-refractivity contribution in [2.75, 3.05) is 13.7 Å². The lowest BCUT2D eigenvalue weighted by Crippen LogP contribution is -2.27. The zero-order valence-corrected chi connectivity index (χ0v) is 15.2. The van der Waals surface area contributed by atoms with Crippen molar-refractivity contribution in [3.05, 3.63) is 47.5 Å². The standard InChI is InChI=1S/C17H23N3O3S/c1-12(2)15-10-17(13(3)9-16(15)23-4)24(21,22)20-6-5-14-11-18-7-8-19-14/h7-12,20H,5-6H2,1-4H3. The van der Waals surface area contributed by atoms with E-state index < -0.39 is 10.0 Å². The van der Waals surface area contributed by atoms with Gasteiger partial charge in [0.05, 0.1) is 17.7 Å². The van der Waals surface area contributed by atoms with E-state index in [1.165, 1.54) is 0 Å². The Hall–Kier alpha value is -1.99. The lowest BCUT2D eigenvalue weighted by Gasteiger charge is -2.16. The van der Waals surface area contributed by atoms with Gasteiger partial charge in [-0.15, -0.1) is 0 Å². The number of nitrogens with zero attached hydrogens (tertiary/aromatic N) is 2. The highest BCUT2D eigenvalue weighted by Crippen LogP contribution is 2.31. The van der Waals surface area contributed by atoms with Crippen LogP contribution in [0.25, 0.3) is 0 Å². The first-order valence-electron chi connectivity index (χ1n) is 7.78. The topological polar surface area (TPSA) is 81.2 Å². The molecule has 0 amide bonds. The maximum absolute atomic E-state index is 12.6. The second-order valence-corrected chi connectivity index (χ2v) is 7.59. The summed E-state index contributed by atoms with van der Waals surface area (Å²) in [7, 11) is -2.00. The summed E-state index contributed by atoms with van der Waals surface area (Å²) in [6, 6.07) is 3.47. The summed E-state index contributed by atoms with van der Waals surface area (Å²) < 4.78 is 33.3. The Kier molecular flexibility index (Phi) is 5.90. The lowest BCUT2D eigenvalue weighted by atomic mass is 10.0. The van der Waals surface area contributed by atoms with Gasteiger partial charge in [-0.3, -0.25) is 9.97 Å².